The van der Waals surface area contributed by atoms with Crippen LogP contribution in [0.5, 0.6) is 0 Å². The van der Waals surface area contributed by atoms with E-state index < -0.39 is 11.3 Å². The fraction of sp³-hybridized carbons (Fsp3) is 0.375. The van der Waals surface area contributed by atoms with Crippen molar-refractivity contribution in [2.45, 2.75) is 19.3 Å². The van der Waals surface area contributed by atoms with Crippen LogP contribution < -0.4 is 0 Å². The van der Waals surface area contributed by atoms with Crippen LogP contribution in [0.4, 0.5) is 0 Å². The summed E-state index contributed by atoms with van der Waals surface area (Å²) in [7, 11) is 1.74. The molecular formula is C16H19N3O3. The summed E-state index contributed by atoms with van der Waals surface area (Å²) in [6.45, 7) is 3.21. The van der Waals surface area contributed by atoms with Gasteiger partial charge in [-0.2, -0.15) is 0 Å². The summed E-state index contributed by atoms with van der Waals surface area (Å²) < 4.78 is 1.64. The zero-order valence-electron chi connectivity index (χ0n) is 12.9. The number of hydrogen-bond donors (Lipinski definition) is 0. The molecule has 0 saturated heterocycles. The van der Waals surface area contributed by atoms with E-state index in [1.54, 1.807) is 37.9 Å². The molecule has 6 heteroatoms. The minimum Gasteiger partial charge on any atom is -0.332 e. The molecule has 0 amide bonds. The van der Waals surface area contributed by atoms with Gasteiger partial charge in [-0.15, -0.1) is 0 Å². The number of rotatable bonds is 6. The van der Waals surface area contributed by atoms with Gasteiger partial charge in [-0.05, 0) is 12.5 Å². The molecule has 22 heavy (non-hydrogen) atoms. The number of hydrogen-bond acceptors (Lipinski definition) is 4. The van der Waals surface area contributed by atoms with Crippen molar-refractivity contribution < 1.29 is 9.72 Å². The van der Waals surface area contributed by atoms with Crippen LogP contribution >= 0.6 is 0 Å². The van der Waals surface area contributed by atoms with Gasteiger partial charge in [-0.3, -0.25) is 14.9 Å². The summed E-state index contributed by atoms with van der Waals surface area (Å²) in [4.78, 5) is 27.7. The maximum Gasteiger partial charge on any atom is 0.208 e. The quantitative estimate of drug-likeness (QED) is 0.466. The molecule has 1 heterocycles. The van der Waals surface area contributed by atoms with Crippen molar-refractivity contribution in [1.29, 1.82) is 0 Å². The molecule has 0 aliphatic carbocycles. The molecular weight excluding hydrogens is 282 g/mol. The van der Waals surface area contributed by atoms with Crippen LogP contribution in [0.25, 0.3) is 0 Å². The van der Waals surface area contributed by atoms with E-state index in [1.807, 2.05) is 30.3 Å². The largest absolute Gasteiger partial charge is 0.332 e. The average molecular weight is 301 g/mol. The molecule has 0 fully saturated rings. The van der Waals surface area contributed by atoms with Gasteiger partial charge in [0, 0.05) is 30.3 Å². The Balaban J connectivity index is 2.53. The Bertz CT molecular complexity index is 681. The first-order valence-electron chi connectivity index (χ1n) is 7.06. The number of carbonyl (C=O) groups is 1. The van der Waals surface area contributed by atoms with E-state index in [4.69, 9.17) is 0 Å². The molecule has 0 radical (unpaired) electrons. The van der Waals surface area contributed by atoms with Gasteiger partial charge in [0.25, 0.3) is 0 Å². The standard InChI is InChI=1S/C16H19N3O3/c1-12(11-19(21)22)16(2,13-7-5-4-6-8-13)14(20)15-17-9-10-18(15)3/h4-10,12H,11H2,1-3H3/t12-,16-/m1/s1. The van der Waals surface area contributed by atoms with E-state index in [2.05, 4.69) is 4.98 Å². The monoisotopic (exact) mass is 301 g/mol. The first kappa shape index (κ1) is 15.9. The molecule has 0 saturated carbocycles. The number of aromatic nitrogens is 2. The van der Waals surface area contributed by atoms with Crippen molar-refractivity contribution in [2.24, 2.45) is 13.0 Å². The van der Waals surface area contributed by atoms with E-state index >= 15 is 0 Å². The summed E-state index contributed by atoms with van der Waals surface area (Å²) in [6.07, 6.45) is 3.24. The number of benzene rings is 1. The SMILES string of the molecule is C[C@H](C[N+](=O)[O-])[C@@](C)(C(=O)c1nccn1C)c1ccccc1. The first-order valence-corrected chi connectivity index (χ1v) is 7.06. The second kappa shape index (κ2) is 6.09. The van der Waals surface area contributed by atoms with Gasteiger partial charge in [0.1, 0.15) is 0 Å². The number of ketones is 1. The van der Waals surface area contributed by atoms with Crippen molar-refractivity contribution in [3.05, 3.63) is 64.2 Å². The number of nitro groups is 1. The fourth-order valence-electron chi connectivity index (χ4n) is 2.65. The lowest BCUT2D eigenvalue weighted by Crippen LogP contribution is -2.43. The molecule has 2 atom stereocenters. The minimum atomic E-state index is -1.01. The van der Waals surface area contributed by atoms with Gasteiger partial charge >= 0.3 is 0 Å². The molecule has 0 N–H and O–H groups in total. The van der Waals surface area contributed by atoms with E-state index in [9.17, 15) is 14.9 Å². The predicted molar refractivity (Wildman–Crippen MR) is 82.4 cm³/mol. The lowest BCUT2D eigenvalue weighted by Gasteiger charge is -2.32. The van der Waals surface area contributed by atoms with Crippen molar-refractivity contribution in [3.63, 3.8) is 0 Å². The predicted octanol–water partition coefficient (Wildman–Crippen LogP) is 2.47. The topological polar surface area (TPSA) is 78.0 Å². The smallest absolute Gasteiger partial charge is 0.208 e. The molecule has 116 valence electrons. The Kier molecular flexibility index (Phi) is 4.40. The Labute approximate surface area is 128 Å². The Morgan fingerprint density at radius 3 is 2.55 bits per heavy atom. The summed E-state index contributed by atoms with van der Waals surface area (Å²) in [5, 5.41) is 10.9. The highest BCUT2D eigenvalue weighted by Crippen LogP contribution is 2.35. The zero-order valence-corrected chi connectivity index (χ0v) is 12.9. The van der Waals surface area contributed by atoms with Crippen molar-refractivity contribution >= 4 is 5.78 Å². The third-order valence-electron chi connectivity index (χ3n) is 4.28. The normalized spacial score (nSPS) is 15.0. The van der Waals surface area contributed by atoms with E-state index in [0.717, 1.165) is 5.56 Å². The van der Waals surface area contributed by atoms with Crippen molar-refractivity contribution in [1.82, 2.24) is 9.55 Å². The maximum atomic E-state index is 13.1. The second-order valence-electron chi connectivity index (χ2n) is 5.68. The molecule has 2 aromatic rings. The minimum absolute atomic E-state index is 0.208. The Morgan fingerprint density at radius 2 is 2.05 bits per heavy atom. The van der Waals surface area contributed by atoms with E-state index in [1.165, 1.54) is 0 Å². The Hall–Kier alpha value is -2.50. The zero-order chi connectivity index (χ0) is 16.3. The lowest BCUT2D eigenvalue weighted by molar-refractivity contribution is -0.489. The van der Waals surface area contributed by atoms with Crippen LogP contribution in [-0.2, 0) is 12.5 Å². The van der Waals surface area contributed by atoms with Gasteiger partial charge in [0.2, 0.25) is 12.3 Å². The molecule has 6 nitrogen and oxygen atoms in total. The van der Waals surface area contributed by atoms with Crippen molar-refractivity contribution in [3.8, 4) is 0 Å². The van der Waals surface area contributed by atoms with Crippen LogP contribution in [0.3, 0.4) is 0 Å². The summed E-state index contributed by atoms with van der Waals surface area (Å²) in [5.74, 6) is -0.365. The average Bonchev–Trinajstić information content (AvgIpc) is 2.91. The number of carbonyl (C=O) groups excluding carboxylic acids is 1. The van der Waals surface area contributed by atoms with Crippen LogP contribution in [-0.4, -0.2) is 26.8 Å². The highest BCUT2D eigenvalue weighted by atomic mass is 16.6. The van der Waals surface area contributed by atoms with E-state index in [0.29, 0.717) is 5.82 Å². The third kappa shape index (κ3) is 2.77. The van der Waals surface area contributed by atoms with Gasteiger partial charge in [-0.25, -0.2) is 4.98 Å². The van der Waals surface area contributed by atoms with Crippen molar-refractivity contribution in [2.75, 3.05) is 6.54 Å². The van der Waals surface area contributed by atoms with E-state index in [-0.39, 0.29) is 17.3 Å². The summed E-state index contributed by atoms with van der Waals surface area (Å²) >= 11 is 0. The molecule has 0 aliphatic rings. The summed E-state index contributed by atoms with van der Waals surface area (Å²) in [6, 6.07) is 9.18. The van der Waals surface area contributed by atoms with Crippen LogP contribution in [0.2, 0.25) is 0 Å². The molecule has 0 unspecified atom stereocenters. The first-order chi connectivity index (χ1) is 10.4. The highest BCUT2D eigenvalue weighted by Gasteiger charge is 2.44. The Morgan fingerprint density at radius 1 is 1.41 bits per heavy atom. The maximum absolute atomic E-state index is 13.1. The molecule has 0 spiro atoms. The lowest BCUT2D eigenvalue weighted by atomic mass is 9.69. The number of aryl methyl sites for hydroxylation is 1. The number of Topliss-reactive ketones (excluding diaryl/α,β-unsaturated/α-hetero) is 1. The molecule has 1 aromatic carbocycles. The van der Waals surface area contributed by atoms with Gasteiger partial charge < -0.3 is 4.57 Å². The molecule has 0 bridgehead atoms. The molecule has 1 aromatic heterocycles. The van der Waals surface area contributed by atoms with Crippen LogP contribution in [0, 0.1) is 16.0 Å². The molecule has 2 rings (SSSR count). The number of nitrogens with zero attached hydrogens (tertiary/aromatic N) is 3. The second-order valence-corrected chi connectivity index (χ2v) is 5.68. The van der Waals surface area contributed by atoms with Gasteiger partial charge in [-0.1, -0.05) is 37.3 Å². The van der Waals surface area contributed by atoms with Gasteiger partial charge in [0.05, 0.1) is 5.41 Å². The fourth-order valence-corrected chi connectivity index (χ4v) is 2.65. The molecule has 0 aliphatic heterocycles. The number of imidazole rings is 1. The third-order valence-corrected chi connectivity index (χ3v) is 4.28. The van der Waals surface area contributed by atoms with Crippen LogP contribution in [0.1, 0.15) is 30.0 Å². The van der Waals surface area contributed by atoms with Gasteiger partial charge in [0.15, 0.2) is 5.82 Å². The van der Waals surface area contributed by atoms with Crippen LogP contribution in [0.15, 0.2) is 42.7 Å². The summed E-state index contributed by atoms with van der Waals surface area (Å²) in [5.41, 5.74) is -0.245. The highest BCUT2D eigenvalue weighted by molar-refractivity contribution is 6.01.